The maximum Gasteiger partial charge on any atom is 0.128 e. The van der Waals surface area contributed by atoms with E-state index in [1.54, 1.807) is 6.07 Å². The minimum Gasteiger partial charge on any atom is -0.312 e. The van der Waals surface area contributed by atoms with E-state index in [1.165, 1.54) is 6.42 Å². The van der Waals surface area contributed by atoms with Crippen molar-refractivity contribution in [3.8, 4) is 0 Å². The van der Waals surface area contributed by atoms with Crippen molar-refractivity contribution >= 4 is 15.9 Å². The van der Waals surface area contributed by atoms with Crippen molar-refractivity contribution in [2.75, 3.05) is 19.6 Å². The fourth-order valence-electron chi connectivity index (χ4n) is 2.72. The summed E-state index contributed by atoms with van der Waals surface area (Å²) in [5.41, 5.74) is 0.790. The molecule has 0 bridgehead atoms. The van der Waals surface area contributed by atoms with Crippen LogP contribution in [0.25, 0.3) is 0 Å². The Hall–Kier alpha value is -0.450. The van der Waals surface area contributed by atoms with E-state index in [2.05, 4.69) is 40.0 Å². The molecule has 0 aliphatic carbocycles. The Morgan fingerprint density at radius 1 is 1.50 bits per heavy atom. The summed E-state index contributed by atoms with van der Waals surface area (Å²) < 4.78 is 14.8. The maximum atomic E-state index is 14.0. The summed E-state index contributed by atoms with van der Waals surface area (Å²) in [7, 11) is 0. The molecule has 1 aliphatic rings. The van der Waals surface area contributed by atoms with Crippen molar-refractivity contribution < 1.29 is 4.39 Å². The molecule has 1 saturated heterocycles. The van der Waals surface area contributed by atoms with Crippen LogP contribution >= 0.6 is 15.9 Å². The highest BCUT2D eigenvalue weighted by Gasteiger charge is 2.22. The van der Waals surface area contributed by atoms with E-state index >= 15 is 0 Å². The molecule has 1 aromatic rings. The van der Waals surface area contributed by atoms with Crippen molar-refractivity contribution in [2.45, 2.75) is 39.3 Å². The van der Waals surface area contributed by atoms with E-state index in [9.17, 15) is 4.39 Å². The second kappa shape index (κ2) is 7.53. The van der Waals surface area contributed by atoms with Gasteiger partial charge in [0.05, 0.1) is 0 Å². The van der Waals surface area contributed by atoms with Crippen molar-refractivity contribution in [3.05, 3.63) is 34.1 Å². The molecule has 1 N–H and O–H groups in total. The SMILES string of the molecule is CCC(C)C1CN(Cc2ccc(Br)cc2F)CCCN1. The second-order valence-corrected chi connectivity index (χ2v) is 6.69. The predicted octanol–water partition coefficient (Wildman–Crippen LogP) is 3.80. The zero-order chi connectivity index (χ0) is 14.5. The Morgan fingerprint density at radius 3 is 3.00 bits per heavy atom. The highest BCUT2D eigenvalue weighted by molar-refractivity contribution is 9.10. The van der Waals surface area contributed by atoms with Gasteiger partial charge in [-0.25, -0.2) is 4.39 Å². The molecule has 1 heterocycles. The Balaban J connectivity index is 2.03. The van der Waals surface area contributed by atoms with E-state index in [1.807, 2.05) is 12.1 Å². The van der Waals surface area contributed by atoms with E-state index in [0.717, 1.165) is 36.1 Å². The van der Waals surface area contributed by atoms with Gasteiger partial charge in [-0.2, -0.15) is 0 Å². The number of hydrogen-bond donors (Lipinski definition) is 1. The number of nitrogens with one attached hydrogen (secondary N) is 1. The summed E-state index contributed by atoms with van der Waals surface area (Å²) in [6.45, 7) is 8.33. The molecular weight excluding hydrogens is 319 g/mol. The van der Waals surface area contributed by atoms with Crippen LogP contribution in [0.4, 0.5) is 4.39 Å². The third-order valence-electron chi connectivity index (χ3n) is 4.25. The molecule has 0 spiro atoms. The van der Waals surface area contributed by atoms with Crippen LogP contribution in [0, 0.1) is 11.7 Å². The summed E-state index contributed by atoms with van der Waals surface area (Å²) in [5.74, 6) is 0.544. The number of halogens is 2. The van der Waals surface area contributed by atoms with Crippen molar-refractivity contribution in [3.63, 3.8) is 0 Å². The van der Waals surface area contributed by atoms with Crippen molar-refractivity contribution in [1.29, 1.82) is 0 Å². The van der Waals surface area contributed by atoms with Gasteiger partial charge in [-0.1, -0.05) is 42.3 Å². The van der Waals surface area contributed by atoms with Gasteiger partial charge in [0, 0.05) is 29.2 Å². The third kappa shape index (κ3) is 4.27. The molecule has 1 aliphatic heterocycles. The number of nitrogens with zero attached hydrogens (tertiary/aromatic N) is 1. The Morgan fingerprint density at radius 2 is 2.30 bits per heavy atom. The van der Waals surface area contributed by atoms with E-state index < -0.39 is 0 Å². The molecule has 2 unspecified atom stereocenters. The molecule has 20 heavy (non-hydrogen) atoms. The minimum atomic E-state index is -0.114. The Kier molecular flexibility index (Phi) is 6.00. The first-order chi connectivity index (χ1) is 9.60. The lowest BCUT2D eigenvalue weighted by Crippen LogP contribution is -2.41. The van der Waals surface area contributed by atoms with Gasteiger partial charge in [-0.3, -0.25) is 4.90 Å². The number of benzene rings is 1. The molecule has 0 amide bonds. The zero-order valence-corrected chi connectivity index (χ0v) is 13.9. The van der Waals surface area contributed by atoms with Gasteiger partial charge in [0.1, 0.15) is 5.82 Å². The average Bonchev–Trinajstić information content (AvgIpc) is 2.66. The van der Waals surface area contributed by atoms with Crippen LogP contribution < -0.4 is 5.32 Å². The van der Waals surface area contributed by atoms with Gasteiger partial charge < -0.3 is 5.32 Å². The van der Waals surface area contributed by atoms with Crippen LogP contribution in [0.5, 0.6) is 0 Å². The van der Waals surface area contributed by atoms with E-state index in [4.69, 9.17) is 0 Å². The smallest absolute Gasteiger partial charge is 0.128 e. The van der Waals surface area contributed by atoms with Crippen LogP contribution in [0.2, 0.25) is 0 Å². The summed E-state index contributed by atoms with van der Waals surface area (Å²) >= 11 is 3.31. The molecule has 4 heteroatoms. The average molecular weight is 343 g/mol. The highest BCUT2D eigenvalue weighted by atomic mass is 79.9. The summed E-state index contributed by atoms with van der Waals surface area (Å²) in [5, 5.41) is 3.63. The molecule has 0 radical (unpaired) electrons. The Labute approximate surface area is 129 Å². The minimum absolute atomic E-state index is 0.114. The highest BCUT2D eigenvalue weighted by Crippen LogP contribution is 2.19. The molecular formula is C16H24BrFN2. The summed E-state index contributed by atoms with van der Waals surface area (Å²) in [4.78, 5) is 2.38. The molecule has 1 aromatic carbocycles. The van der Waals surface area contributed by atoms with Crippen LogP contribution in [0.1, 0.15) is 32.3 Å². The van der Waals surface area contributed by atoms with Gasteiger partial charge in [0.2, 0.25) is 0 Å². The lowest BCUT2D eigenvalue weighted by Gasteiger charge is -2.28. The molecule has 2 rings (SSSR count). The van der Waals surface area contributed by atoms with Crippen LogP contribution in [0.15, 0.2) is 22.7 Å². The standard InChI is InChI=1S/C16H24BrFN2/c1-3-12(2)16-11-20(8-4-7-19-16)10-13-5-6-14(17)9-15(13)18/h5-6,9,12,16,19H,3-4,7-8,10-11H2,1-2H3. The topological polar surface area (TPSA) is 15.3 Å². The molecule has 2 atom stereocenters. The van der Waals surface area contributed by atoms with Gasteiger partial charge in [-0.15, -0.1) is 0 Å². The molecule has 0 aromatic heterocycles. The fourth-order valence-corrected chi connectivity index (χ4v) is 3.06. The summed E-state index contributed by atoms with van der Waals surface area (Å²) in [6, 6.07) is 5.87. The normalized spacial score (nSPS) is 22.5. The molecule has 2 nitrogen and oxygen atoms in total. The first-order valence-corrected chi connectivity index (χ1v) is 8.29. The maximum absolute atomic E-state index is 14.0. The Bertz CT molecular complexity index is 438. The lowest BCUT2D eigenvalue weighted by molar-refractivity contribution is 0.229. The fraction of sp³-hybridized carbons (Fsp3) is 0.625. The van der Waals surface area contributed by atoms with Gasteiger partial charge in [0.15, 0.2) is 0 Å². The second-order valence-electron chi connectivity index (χ2n) is 5.77. The van der Waals surface area contributed by atoms with Gasteiger partial charge in [-0.05, 0) is 37.6 Å². The van der Waals surface area contributed by atoms with Gasteiger partial charge >= 0.3 is 0 Å². The summed E-state index contributed by atoms with van der Waals surface area (Å²) in [6.07, 6.45) is 2.31. The van der Waals surface area contributed by atoms with Crippen LogP contribution in [-0.2, 0) is 6.54 Å². The molecule has 112 valence electrons. The number of hydrogen-bond acceptors (Lipinski definition) is 2. The zero-order valence-electron chi connectivity index (χ0n) is 12.3. The largest absolute Gasteiger partial charge is 0.312 e. The molecule has 1 fully saturated rings. The van der Waals surface area contributed by atoms with E-state index in [0.29, 0.717) is 18.5 Å². The third-order valence-corrected chi connectivity index (χ3v) is 4.75. The predicted molar refractivity (Wildman–Crippen MR) is 85.2 cm³/mol. The van der Waals surface area contributed by atoms with Crippen molar-refractivity contribution in [1.82, 2.24) is 10.2 Å². The van der Waals surface area contributed by atoms with Gasteiger partial charge in [0.25, 0.3) is 0 Å². The van der Waals surface area contributed by atoms with Crippen LogP contribution in [0.3, 0.4) is 0 Å². The van der Waals surface area contributed by atoms with Crippen LogP contribution in [-0.4, -0.2) is 30.6 Å². The number of rotatable bonds is 4. The molecule has 0 saturated carbocycles. The quantitative estimate of drug-likeness (QED) is 0.895. The van der Waals surface area contributed by atoms with E-state index in [-0.39, 0.29) is 5.82 Å². The first-order valence-electron chi connectivity index (χ1n) is 7.49. The lowest BCUT2D eigenvalue weighted by atomic mass is 9.99. The monoisotopic (exact) mass is 342 g/mol. The first kappa shape index (κ1) is 15.9. The van der Waals surface area contributed by atoms with Crippen molar-refractivity contribution in [2.24, 2.45) is 5.92 Å².